The van der Waals surface area contributed by atoms with Gasteiger partial charge in [0, 0.05) is 11.1 Å². The monoisotopic (exact) mass is 250 g/mol. The molecule has 0 bridgehead atoms. The summed E-state index contributed by atoms with van der Waals surface area (Å²) in [6.07, 6.45) is 0. The number of likely N-dealkylation sites (N-methyl/N-ethyl adjacent to an activating group) is 1. The van der Waals surface area contributed by atoms with Gasteiger partial charge in [0.05, 0.1) is 13.2 Å². The topological polar surface area (TPSA) is 38.5 Å². The van der Waals surface area contributed by atoms with E-state index in [-0.39, 0.29) is 11.6 Å². The Kier molecular flexibility index (Phi) is 4.41. The summed E-state index contributed by atoms with van der Waals surface area (Å²) < 4.78 is 5.55. The van der Waals surface area contributed by atoms with Crippen molar-refractivity contribution in [2.24, 2.45) is 5.73 Å². The van der Waals surface area contributed by atoms with E-state index in [0.29, 0.717) is 0 Å². The normalized spacial score (nSPS) is 13.8. The zero-order valence-corrected chi connectivity index (χ0v) is 12.7. The van der Waals surface area contributed by atoms with Gasteiger partial charge in [0.1, 0.15) is 5.75 Å². The van der Waals surface area contributed by atoms with Crippen LogP contribution in [0.5, 0.6) is 5.75 Å². The molecule has 0 saturated heterocycles. The maximum absolute atomic E-state index is 6.35. The maximum Gasteiger partial charge on any atom is 0.124 e. The second kappa shape index (κ2) is 5.29. The number of benzene rings is 1. The van der Waals surface area contributed by atoms with Gasteiger partial charge in [-0.15, -0.1) is 0 Å². The number of methoxy groups -OCH3 is 1. The summed E-state index contributed by atoms with van der Waals surface area (Å²) in [6.45, 7) is 8.30. The van der Waals surface area contributed by atoms with Crippen LogP contribution in [-0.4, -0.2) is 31.6 Å². The first kappa shape index (κ1) is 15.0. The highest BCUT2D eigenvalue weighted by atomic mass is 16.5. The summed E-state index contributed by atoms with van der Waals surface area (Å²) in [4.78, 5) is 2.15. The van der Waals surface area contributed by atoms with Crippen LogP contribution in [0, 0.1) is 13.8 Å². The van der Waals surface area contributed by atoms with Gasteiger partial charge < -0.3 is 15.4 Å². The predicted molar refractivity (Wildman–Crippen MR) is 77.2 cm³/mol. The predicted octanol–water partition coefficient (Wildman–Crippen LogP) is 2.65. The third-order valence-electron chi connectivity index (χ3n) is 3.21. The minimum absolute atomic E-state index is 0.119. The highest BCUT2D eigenvalue weighted by Gasteiger charge is 2.32. The quantitative estimate of drug-likeness (QED) is 0.893. The van der Waals surface area contributed by atoms with Crippen molar-refractivity contribution in [3.05, 3.63) is 28.8 Å². The molecule has 3 heteroatoms. The van der Waals surface area contributed by atoms with Crippen LogP contribution in [0.3, 0.4) is 0 Å². The molecule has 0 fully saturated rings. The van der Waals surface area contributed by atoms with Gasteiger partial charge in [-0.2, -0.15) is 0 Å². The Balaban J connectivity index is 3.46. The first-order valence-electron chi connectivity index (χ1n) is 6.29. The van der Waals surface area contributed by atoms with Gasteiger partial charge in [-0.3, -0.25) is 0 Å². The molecular formula is C15H26N2O. The van der Waals surface area contributed by atoms with Gasteiger partial charge in [0.2, 0.25) is 0 Å². The molecule has 18 heavy (non-hydrogen) atoms. The molecule has 1 aromatic carbocycles. The number of hydrogen-bond donors (Lipinski definition) is 1. The molecule has 102 valence electrons. The Morgan fingerprint density at radius 1 is 1.22 bits per heavy atom. The highest BCUT2D eigenvalue weighted by molar-refractivity contribution is 5.46. The lowest BCUT2D eigenvalue weighted by atomic mass is 9.85. The fourth-order valence-corrected chi connectivity index (χ4v) is 2.75. The van der Waals surface area contributed by atoms with Crippen LogP contribution in [0.4, 0.5) is 0 Å². The number of aryl methyl sites for hydroxylation is 2. The molecule has 0 amide bonds. The minimum Gasteiger partial charge on any atom is -0.496 e. The molecular weight excluding hydrogens is 224 g/mol. The van der Waals surface area contributed by atoms with E-state index in [2.05, 4.69) is 58.8 Å². The number of ether oxygens (including phenoxy) is 1. The molecule has 0 heterocycles. The Morgan fingerprint density at radius 3 is 2.17 bits per heavy atom. The summed E-state index contributed by atoms with van der Waals surface area (Å²) in [7, 11) is 5.82. The van der Waals surface area contributed by atoms with E-state index in [4.69, 9.17) is 10.5 Å². The Labute approximate surface area is 111 Å². The lowest BCUT2D eigenvalue weighted by molar-refractivity contribution is 0.199. The van der Waals surface area contributed by atoms with Crippen molar-refractivity contribution in [2.45, 2.75) is 39.3 Å². The molecule has 0 aliphatic carbocycles. The molecule has 1 aromatic rings. The van der Waals surface area contributed by atoms with Gasteiger partial charge in [-0.25, -0.2) is 0 Å². The van der Waals surface area contributed by atoms with Gasteiger partial charge in [-0.05, 0) is 59.0 Å². The first-order valence-corrected chi connectivity index (χ1v) is 6.29. The number of nitrogens with zero attached hydrogens (tertiary/aromatic N) is 1. The van der Waals surface area contributed by atoms with E-state index in [1.807, 2.05) is 0 Å². The number of nitrogens with two attached hydrogens (primary N) is 1. The molecule has 0 aliphatic heterocycles. The van der Waals surface area contributed by atoms with Crippen molar-refractivity contribution < 1.29 is 4.74 Å². The fraction of sp³-hybridized carbons (Fsp3) is 0.600. The molecule has 1 atom stereocenters. The summed E-state index contributed by atoms with van der Waals surface area (Å²) in [5.74, 6) is 0.921. The van der Waals surface area contributed by atoms with Crippen molar-refractivity contribution >= 4 is 0 Å². The lowest BCUT2D eigenvalue weighted by Crippen LogP contribution is -2.46. The van der Waals surface area contributed by atoms with Crippen LogP contribution in [0.2, 0.25) is 0 Å². The average Bonchev–Trinajstić information content (AvgIpc) is 2.18. The number of rotatable bonds is 4. The summed E-state index contributed by atoms with van der Waals surface area (Å²) >= 11 is 0. The third kappa shape index (κ3) is 3.03. The highest BCUT2D eigenvalue weighted by Crippen LogP contribution is 2.37. The van der Waals surface area contributed by atoms with Crippen molar-refractivity contribution in [2.75, 3.05) is 21.2 Å². The number of hydrogen-bond acceptors (Lipinski definition) is 3. The van der Waals surface area contributed by atoms with E-state index in [1.165, 1.54) is 16.7 Å². The van der Waals surface area contributed by atoms with Crippen LogP contribution in [0.15, 0.2) is 12.1 Å². The van der Waals surface area contributed by atoms with E-state index in [0.717, 1.165) is 5.75 Å². The van der Waals surface area contributed by atoms with Crippen LogP contribution in [-0.2, 0) is 0 Å². The third-order valence-corrected chi connectivity index (χ3v) is 3.21. The van der Waals surface area contributed by atoms with Crippen LogP contribution in [0.25, 0.3) is 0 Å². The molecule has 3 nitrogen and oxygen atoms in total. The minimum atomic E-state index is -0.337. The average molecular weight is 250 g/mol. The van der Waals surface area contributed by atoms with Crippen LogP contribution >= 0.6 is 0 Å². The summed E-state index contributed by atoms with van der Waals surface area (Å²) in [5.41, 5.74) is 9.63. The molecule has 2 N–H and O–H groups in total. The van der Waals surface area contributed by atoms with Gasteiger partial charge in [-0.1, -0.05) is 6.07 Å². The zero-order valence-electron chi connectivity index (χ0n) is 12.7. The molecule has 1 rings (SSSR count). The molecule has 0 spiro atoms. The van der Waals surface area contributed by atoms with Gasteiger partial charge >= 0.3 is 0 Å². The largest absolute Gasteiger partial charge is 0.496 e. The molecule has 1 unspecified atom stereocenters. The SMILES string of the molecule is COc1cc(C)cc(C)c1C(N(C)C)C(C)(C)N. The van der Waals surface area contributed by atoms with Crippen LogP contribution in [0.1, 0.15) is 36.6 Å². The van der Waals surface area contributed by atoms with Gasteiger partial charge in [0.25, 0.3) is 0 Å². The second-order valence-electron chi connectivity index (χ2n) is 5.89. The van der Waals surface area contributed by atoms with Crippen molar-refractivity contribution in [3.8, 4) is 5.75 Å². The van der Waals surface area contributed by atoms with Gasteiger partial charge in [0.15, 0.2) is 0 Å². The fourth-order valence-electron chi connectivity index (χ4n) is 2.75. The Bertz CT molecular complexity index is 419. The Hall–Kier alpha value is -1.06. The zero-order chi connectivity index (χ0) is 14.1. The smallest absolute Gasteiger partial charge is 0.124 e. The maximum atomic E-state index is 6.35. The Morgan fingerprint density at radius 2 is 1.78 bits per heavy atom. The van der Waals surface area contributed by atoms with Crippen molar-refractivity contribution in [1.82, 2.24) is 4.90 Å². The van der Waals surface area contributed by atoms with Crippen molar-refractivity contribution in [1.29, 1.82) is 0 Å². The second-order valence-corrected chi connectivity index (χ2v) is 5.89. The van der Waals surface area contributed by atoms with E-state index in [1.54, 1.807) is 7.11 Å². The van der Waals surface area contributed by atoms with E-state index in [9.17, 15) is 0 Å². The van der Waals surface area contributed by atoms with E-state index < -0.39 is 0 Å². The van der Waals surface area contributed by atoms with Crippen molar-refractivity contribution in [3.63, 3.8) is 0 Å². The molecule has 0 radical (unpaired) electrons. The lowest BCUT2D eigenvalue weighted by Gasteiger charge is -2.38. The molecule has 0 saturated carbocycles. The molecule has 0 aromatic heterocycles. The van der Waals surface area contributed by atoms with Crippen LogP contribution < -0.4 is 10.5 Å². The van der Waals surface area contributed by atoms with E-state index >= 15 is 0 Å². The first-order chi connectivity index (χ1) is 8.18. The summed E-state index contributed by atoms with van der Waals surface area (Å²) in [6, 6.07) is 4.37. The molecule has 0 aliphatic rings. The standard InChI is InChI=1S/C15H26N2O/c1-10-8-11(2)13(12(9-10)18-7)14(17(5)6)15(3,4)16/h8-9,14H,16H2,1-7H3. The summed E-state index contributed by atoms with van der Waals surface area (Å²) in [5, 5.41) is 0.